The van der Waals surface area contributed by atoms with Crippen LogP contribution in [0.5, 0.6) is 11.5 Å². The lowest BCUT2D eigenvalue weighted by molar-refractivity contribution is 0.155. The zero-order chi connectivity index (χ0) is 16.1. The van der Waals surface area contributed by atoms with Crippen molar-refractivity contribution in [3.63, 3.8) is 0 Å². The molecule has 116 valence electrons. The van der Waals surface area contributed by atoms with Gasteiger partial charge in [0, 0.05) is 5.69 Å². The van der Waals surface area contributed by atoms with E-state index in [4.69, 9.17) is 9.47 Å². The minimum Gasteiger partial charge on any atom is -0.508 e. The maximum Gasteiger partial charge on any atom is 0.411 e. The number of methoxy groups -OCH3 is 1. The van der Waals surface area contributed by atoms with Crippen LogP contribution in [0.25, 0.3) is 0 Å². The molecule has 2 aromatic carbocycles. The molecule has 0 unspecified atom stereocenters. The highest BCUT2D eigenvalue weighted by molar-refractivity contribution is 5.86. The molecule has 22 heavy (non-hydrogen) atoms. The average Bonchev–Trinajstić information content (AvgIpc) is 2.54. The predicted molar refractivity (Wildman–Crippen MR) is 84.4 cm³/mol. The Hall–Kier alpha value is -2.69. The van der Waals surface area contributed by atoms with E-state index in [2.05, 4.69) is 5.32 Å². The number of nitrogens with one attached hydrogen (secondary N) is 1. The number of hydrogen-bond acceptors (Lipinski definition) is 4. The molecule has 0 saturated heterocycles. The largest absolute Gasteiger partial charge is 0.508 e. The van der Waals surface area contributed by atoms with Crippen molar-refractivity contribution in [2.75, 3.05) is 12.4 Å². The molecule has 0 aromatic heterocycles. The number of hydrogen-bond donors (Lipinski definition) is 2. The molecule has 0 heterocycles. The van der Waals surface area contributed by atoms with Gasteiger partial charge in [0.25, 0.3) is 0 Å². The minimum absolute atomic E-state index is 0.173. The maximum atomic E-state index is 11.8. The Morgan fingerprint density at radius 1 is 1.09 bits per heavy atom. The first-order chi connectivity index (χ1) is 10.5. The molecular formula is C17H19NO4. The SMILES string of the molecule is COc1ccc(COC(=O)Nc2ccc(O)c(C)c2C)cc1. The molecule has 0 aliphatic carbocycles. The Bertz CT molecular complexity index is 665. The van der Waals surface area contributed by atoms with Gasteiger partial charge in [0.2, 0.25) is 0 Å². The van der Waals surface area contributed by atoms with E-state index >= 15 is 0 Å². The number of amides is 1. The van der Waals surface area contributed by atoms with Crippen LogP contribution in [0.2, 0.25) is 0 Å². The molecule has 0 atom stereocenters. The third kappa shape index (κ3) is 3.69. The van der Waals surface area contributed by atoms with E-state index in [1.807, 2.05) is 31.2 Å². The second-order valence-corrected chi connectivity index (χ2v) is 4.93. The summed E-state index contributed by atoms with van der Waals surface area (Å²) >= 11 is 0. The highest BCUT2D eigenvalue weighted by Gasteiger charge is 2.09. The molecule has 0 saturated carbocycles. The molecule has 5 heteroatoms. The van der Waals surface area contributed by atoms with Crippen molar-refractivity contribution in [2.45, 2.75) is 20.5 Å². The van der Waals surface area contributed by atoms with Gasteiger partial charge < -0.3 is 14.6 Å². The molecule has 0 aliphatic heterocycles. The van der Waals surface area contributed by atoms with Gasteiger partial charge in [0.05, 0.1) is 7.11 Å². The highest BCUT2D eigenvalue weighted by Crippen LogP contribution is 2.26. The van der Waals surface area contributed by atoms with Gasteiger partial charge in [0.15, 0.2) is 0 Å². The summed E-state index contributed by atoms with van der Waals surface area (Å²) < 4.78 is 10.2. The monoisotopic (exact) mass is 301 g/mol. The van der Waals surface area contributed by atoms with Crippen LogP contribution in [0.1, 0.15) is 16.7 Å². The first-order valence-corrected chi connectivity index (χ1v) is 6.87. The van der Waals surface area contributed by atoms with Gasteiger partial charge in [0.1, 0.15) is 18.1 Å². The molecule has 2 aromatic rings. The van der Waals surface area contributed by atoms with Crippen LogP contribution in [0, 0.1) is 13.8 Å². The number of anilines is 1. The fraction of sp³-hybridized carbons (Fsp3) is 0.235. The van der Waals surface area contributed by atoms with Crippen molar-refractivity contribution in [2.24, 2.45) is 0 Å². The second kappa shape index (κ2) is 6.85. The summed E-state index contributed by atoms with van der Waals surface area (Å²) in [5, 5.41) is 12.3. The van der Waals surface area contributed by atoms with Crippen LogP contribution in [0.3, 0.4) is 0 Å². The Balaban J connectivity index is 1.94. The lowest BCUT2D eigenvalue weighted by Crippen LogP contribution is -2.14. The Morgan fingerprint density at radius 3 is 2.41 bits per heavy atom. The van der Waals surface area contributed by atoms with Crippen molar-refractivity contribution in [3.05, 3.63) is 53.1 Å². The Morgan fingerprint density at radius 2 is 1.77 bits per heavy atom. The number of carbonyl (C=O) groups excluding carboxylic acids is 1. The van der Waals surface area contributed by atoms with E-state index < -0.39 is 6.09 Å². The maximum absolute atomic E-state index is 11.8. The molecule has 0 bridgehead atoms. The summed E-state index contributed by atoms with van der Waals surface area (Å²) in [7, 11) is 1.60. The molecule has 1 amide bonds. The number of phenols is 1. The third-order valence-corrected chi connectivity index (χ3v) is 3.52. The lowest BCUT2D eigenvalue weighted by atomic mass is 10.1. The summed E-state index contributed by atoms with van der Waals surface area (Å²) in [5.74, 6) is 0.957. The Kier molecular flexibility index (Phi) is 4.88. The molecule has 0 fully saturated rings. The van der Waals surface area contributed by atoms with Crippen LogP contribution in [0.4, 0.5) is 10.5 Å². The van der Waals surface area contributed by atoms with E-state index in [9.17, 15) is 9.90 Å². The quantitative estimate of drug-likeness (QED) is 0.844. The normalized spacial score (nSPS) is 10.1. The molecule has 2 rings (SSSR count). The lowest BCUT2D eigenvalue weighted by Gasteiger charge is -2.12. The molecule has 0 aliphatic rings. The van der Waals surface area contributed by atoms with Gasteiger partial charge in [-0.3, -0.25) is 5.32 Å². The summed E-state index contributed by atoms with van der Waals surface area (Å²) in [6.07, 6.45) is -0.538. The minimum atomic E-state index is -0.538. The molecule has 0 radical (unpaired) electrons. The van der Waals surface area contributed by atoms with E-state index in [1.54, 1.807) is 26.2 Å². The zero-order valence-corrected chi connectivity index (χ0v) is 12.8. The Labute approximate surface area is 129 Å². The molecule has 5 nitrogen and oxygen atoms in total. The summed E-state index contributed by atoms with van der Waals surface area (Å²) in [4.78, 5) is 11.8. The van der Waals surface area contributed by atoms with Gasteiger partial charge in [-0.05, 0) is 54.8 Å². The third-order valence-electron chi connectivity index (χ3n) is 3.52. The standard InChI is InChI=1S/C17H19NO4/c1-11-12(2)16(19)9-8-15(11)18-17(20)22-10-13-4-6-14(21-3)7-5-13/h4-9,19H,10H2,1-3H3,(H,18,20). The van der Waals surface area contributed by atoms with Crippen molar-refractivity contribution in [1.82, 2.24) is 0 Å². The van der Waals surface area contributed by atoms with Gasteiger partial charge in [-0.25, -0.2) is 4.79 Å². The second-order valence-electron chi connectivity index (χ2n) is 4.93. The van der Waals surface area contributed by atoms with E-state index in [0.717, 1.165) is 22.4 Å². The van der Waals surface area contributed by atoms with E-state index in [-0.39, 0.29) is 12.4 Å². The van der Waals surface area contributed by atoms with Crippen molar-refractivity contribution in [1.29, 1.82) is 0 Å². The smallest absolute Gasteiger partial charge is 0.411 e. The molecule has 0 spiro atoms. The van der Waals surface area contributed by atoms with Gasteiger partial charge in [-0.15, -0.1) is 0 Å². The van der Waals surface area contributed by atoms with Crippen LogP contribution in [0.15, 0.2) is 36.4 Å². The van der Waals surface area contributed by atoms with E-state index in [1.165, 1.54) is 0 Å². The molecule has 2 N–H and O–H groups in total. The van der Waals surface area contributed by atoms with Crippen LogP contribution >= 0.6 is 0 Å². The van der Waals surface area contributed by atoms with Crippen molar-refractivity contribution >= 4 is 11.8 Å². The summed E-state index contributed by atoms with van der Waals surface area (Å²) in [6, 6.07) is 10.5. The number of benzene rings is 2. The fourth-order valence-electron chi connectivity index (χ4n) is 1.96. The summed E-state index contributed by atoms with van der Waals surface area (Å²) in [6.45, 7) is 3.79. The fourth-order valence-corrected chi connectivity index (χ4v) is 1.96. The van der Waals surface area contributed by atoms with Crippen molar-refractivity contribution in [3.8, 4) is 11.5 Å². The van der Waals surface area contributed by atoms with Gasteiger partial charge in [-0.2, -0.15) is 0 Å². The van der Waals surface area contributed by atoms with Crippen molar-refractivity contribution < 1.29 is 19.4 Å². The predicted octanol–water partition coefficient (Wildman–Crippen LogP) is 3.77. The zero-order valence-electron chi connectivity index (χ0n) is 12.8. The van der Waals surface area contributed by atoms with Crippen LogP contribution < -0.4 is 10.1 Å². The van der Waals surface area contributed by atoms with Gasteiger partial charge >= 0.3 is 6.09 Å². The number of rotatable bonds is 4. The average molecular weight is 301 g/mol. The highest BCUT2D eigenvalue weighted by atomic mass is 16.5. The van der Waals surface area contributed by atoms with Gasteiger partial charge in [-0.1, -0.05) is 12.1 Å². The number of phenolic OH excluding ortho intramolecular Hbond substituents is 1. The molecular weight excluding hydrogens is 282 g/mol. The summed E-state index contributed by atoms with van der Waals surface area (Å²) in [5.41, 5.74) is 3.03. The number of ether oxygens (including phenoxy) is 2. The first-order valence-electron chi connectivity index (χ1n) is 6.87. The topological polar surface area (TPSA) is 67.8 Å². The number of aromatic hydroxyl groups is 1. The van der Waals surface area contributed by atoms with Crippen LogP contribution in [-0.2, 0) is 11.3 Å². The van der Waals surface area contributed by atoms with E-state index in [0.29, 0.717) is 5.69 Å². The number of carbonyl (C=O) groups is 1. The van der Waals surface area contributed by atoms with Crippen LogP contribution in [-0.4, -0.2) is 18.3 Å². The first kappa shape index (κ1) is 15.7.